The molecule has 0 N–H and O–H groups in total. The van der Waals surface area contributed by atoms with Crippen LogP contribution in [0.4, 0.5) is 4.39 Å². The minimum Gasteiger partial charge on any atom is -0.294 e. The number of carbonyl (C=O) groups is 1. The van der Waals surface area contributed by atoms with Gasteiger partial charge in [-0.05, 0) is 31.2 Å². The van der Waals surface area contributed by atoms with Gasteiger partial charge in [-0.1, -0.05) is 11.6 Å². The maximum Gasteiger partial charge on any atom is 0.227 e. The highest BCUT2D eigenvalue weighted by molar-refractivity contribution is 6.30. The fourth-order valence-electron chi connectivity index (χ4n) is 1.33. The second-order valence-corrected chi connectivity index (χ2v) is 3.73. The fourth-order valence-corrected chi connectivity index (χ4v) is 1.46. The Morgan fingerprint density at radius 1 is 1.38 bits per heavy atom. The average molecular weight is 239 g/mol. The highest BCUT2D eigenvalue weighted by atomic mass is 35.5. The van der Waals surface area contributed by atoms with Gasteiger partial charge in [0.25, 0.3) is 0 Å². The summed E-state index contributed by atoms with van der Waals surface area (Å²) in [6, 6.07) is 6.52. The molecule has 0 radical (unpaired) electrons. The standard InChI is InChI=1S/C11H8ClFN2O/c1-7(16)10-6-14-15(11(10)13)9-4-2-8(12)3-5-9/h2-6H,1H3. The molecule has 1 heterocycles. The number of benzene rings is 1. The van der Waals surface area contributed by atoms with Crippen molar-refractivity contribution in [2.24, 2.45) is 0 Å². The lowest BCUT2D eigenvalue weighted by Gasteiger charge is -2.01. The molecule has 1 aromatic carbocycles. The number of hydrogen-bond donors (Lipinski definition) is 0. The van der Waals surface area contributed by atoms with E-state index < -0.39 is 5.95 Å². The van der Waals surface area contributed by atoms with Crippen LogP contribution < -0.4 is 0 Å². The van der Waals surface area contributed by atoms with E-state index in [1.807, 2.05) is 0 Å². The monoisotopic (exact) mass is 238 g/mol. The molecule has 0 atom stereocenters. The third-order valence-corrected chi connectivity index (χ3v) is 2.41. The fraction of sp³-hybridized carbons (Fsp3) is 0.0909. The summed E-state index contributed by atoms with van der Waals surface area (Å²) in [6.45, 7) is 1.30. The van der Waals surface area contributed by atoms with Gasteiger partial charge in [-0.15, -0.1) is 0 Å². The molecule has 0 aliphatic heterocycles. The molecule has 2 aromatic rings. The van der Waals surface area contributed by atoms with Gasteiger partial charge in [-0.2, -0.15) is 9.49 Å². The van der Waals surface area contributed by atoms with Crippen molar-refractivity contribution in [1.82, 2.24) is 9.78 Å². The summed E-state index contributed by atoms with van der Waals surface area (Å²) in [5.74, 6) is -1.01. The molecule has 0 spiro atoms. The van der Waals surface area contributed by atoms with Crippen LogP contribution >= 0.6 is 11.6 Å². The summed E-state index contributed by atoms with van der Waals surface area (Å²) in [6.07, 6.45) is 1.21. The van der Waals surface area contributed by atoms with Crippen molar-refractivity contribution in [2.75, 3.05) is 0 Å². The molecule has 0 aliphatic rings. The van der Waals surface area contributed by atoms with E-state index in [0.29, 0.717) is 10.7 Å². The molecule has 0 bridgehead atoms. The second-order valence-electron chi connectivity index (χ2n) is 3.29. The summed E-state index contributed by atoms with van der Waals surface area (Å²) < 4.78 is 14.8. The van der Waals surface area contributed by atoms with E-state index in [1.165, 1.54) is 13.1 Å². The molecule has 0 fully saturated rings. The van der Waals surface area contributed by atoms with Crippen molar-refractivity contribution in [3.63, 3.8) is 0 Å². The van der Waals surface area contributed by atoms with Gasteiger partial charge in [-0.3, -0.25) is 4.79 Å². The highest BCUT2D eigenvalue weighted by Crippen LogP contribution is 2.16. The first-order valence-corrected chi connectivity index (χ1v) is 4.98. The first kappa shape index (κ1) is 10.8. The molecule has 2 rings (SSSR count). The van der Waals surface area contributed by atoms with Gasteiger partial charge in [0.2, 0.25) is 5.95 Å². The zero-order chi connectivity index (χ0) is 11.7. The van der Waals surface area contributed by atoms with E-state index in [0.717, 1.165) is 4.68 Å². The zero-order valence-corrected chi connectivity index (χ0v) is 9.20. The summed E-state index contributed by atoms with van der Waals surface area (Å²) >= 11 is 5.72. The summed E-state index contributed by atoms with van der Waals surface area (Å²) in [5.41, 5.74) is 0.504. The summed E-state index contributed by atoms with van der Waals surface area (Å²) in [5, 5.41) is 4.37. The Bertz CT molecular complexity index is 533. The number of halogens is 2. The number of ketones is 1. The Morgan fingerprint density at radius 3 is 2.50 bits per heavy atom. The average Bonchev–Trinajstić information content (AvgIpc) is 2.61. The van der Waals surface area contributed by atoms with Crippen molar-refractivity contribution >= 4 is 17.4 Å². The maximum atomic E-state index is 13.7. The van der Waals surface area contributed by atoms with Crippen molar-refractivity contribution in [1.29, 1.82) is 0 Å². The van der Waals surface area contributed by atoms with Crippen LogP contribution in [0.25, 0.3) is 5.69 Å². The lowest BCUT2D eigenvalue weighted by molar-refractivity contribution is 0.101. The molecule has 0 amide bonds. The number of aromatic nitrogens is 2. The Labute approximate surface area is 96.5 Å². The maximum absolute atomic E-state index is 13.7. The molecule has 0 aliphatic carbocycles. The van der Waals surface area contributed by atoms with E-state index in [9.17, 15) is 9.18 Å². The Hall–Kier alpha value is -1.68. The van der Waals surface area contributed by atoms with Crippen LogP contribution in [0, 0.1) is 5.95 Å². The Balaban J connectivity index is 2.49. The molecule has 5 heteroatoms. The number of carbonyl (C=O) groups excluding carboxylic acids is 1. The smallest absolute Gasteiger partial charge is 0.227 e. The minimum absolute atomic E-state index is 0.0186. The van der Waals surface area contributed by atoms with Crippen molar-refractivity contribution < 1.29 is 9.18 Å². The number of rotatable bonds is 2. The lowest BCUT2D eigenvalue weighted by Crippen LogP contribution is -2.02. The van der Waals surface area contributed by atoms with E-state index in [4.69, 9.17) is 11.6 Å². The number of Topliss-reactive ketones (excluding diaryl/α,β-unsaturated/α-hetero) is 1. The van der Waals surface area contributed by atoms with Gasteiger partial charge in [0.1, 0.15) is 0 Å². The van der Waals surface area contributed by atoms with Crippen LogP contribution in [-0.4, -0.2) is 15.6 Å². The Kier molecular flexibility index (Phi) is 2.75. The van der Waals surface area contributed by atoms with Crippen molar-refractivity contribution in [3.05, 3.63) is 47.0 Å². The molecule has 0 saturated heterocycles. The predicted molar refractivity (Wildman–Crippen MR) is 58.5 cm³/mol. The van der Waals surface area contributed by atoms with Gasteiger partial charge < -0.3 is 0 Å². The minimum atomic E-state index is -0.658. The van der Waals surface area contributed by atoms with Gasteiger partial charge in [0, 0.05) is 5.02 Å². The SMILES string of the molecule is CC(=O)c1cnn(-c2ccc(Cl)cc2)c1F. The quantitative estimate of drug-likeness (QED) is 0.754. The van der Waals surface area contributed by atoms with Crippen LogP contribution in [0.2, 0.25) is 5.02 Å². The topological polar surface area (TPSA) is 34.9 Å². The van der Waals surface area contributed by atoms with Crippen molar-refractivity contribution in [3.8, 4) is 5.69 Å². The molecule has 16 heavy (non-hydrogen) atoms. The Morgan fingerprint density at radius 2 is 2.00 bits per heavy atom. The molecule has 82 valence electrons. The lowest BCUT2D eigenvalue weighted by atomic mass is 10.2. The summed E-state index contributed by atoms with van der Waals surface area (Å²) in [4.78, 5) is 11.1. The molecule has 0 unspecified atom stereocenters. The molecule has 1 aromatic heterocycles. The van der Waals surface area contributed by atoms with Gasteiger partial charge in [0.05, 0.1) is 17.4 Å². The van der Waals surface area contributed by atoms with Crippen LogP contribution in [0.15, 0.2) is 30.5 Å². The number of nitrogens with zero attached hydrogens (tertiary/aromatic N) is 2. The molecule has 3 nitrogen and oxygen atoms in total. The molecular weight excluding hydrogens is 231 g/mol. The van der Waals surface area contributed by atoms with E-state index in [1.54, 1.807) is 24.3 Å². The molecule has 0 saturated carbocycles. The van der Waals surface area contributed by atoms with Crippen LogP contribution in [-0.2, 0) is 0 Å². The first-order chi connectivity index (χ1) is 7.59. The van der Waals surface area contributed by atoms with E-state index in [2.05, 4.69) is 5.10 Å². The van der Waals surface area contributed by atoms with Crippen molar-refractivity contribution in [2.45, 2.75) is 6.92 Å². The van der Waals surface area contributed by atoms with Crippen LogP contribution in [0.3, 0.4) is 0 Å². The van der Waals surface area contributed by atoms with Crippen LogP contribution in [0.5, 0.6) is 0 Å². The summed E-state index contributed by atoms with van der Waals surface area (Å²) in [7, 11) is 0. The number of hydrogen-bond acceptors (Lipinski definition) is 2. The highest BCUT2D eigenvalue weighted by Gasteiger charge is 2.14. The predicted octanol–water partition coefficient (Wildman–Crippen LogP) is 2.87. The third kappa shape index (κ3) is 1.84. The first-order valence-electron chi connectivity index (χ1n) is 4.60. The largest absolute Gasteiger partial charge is 0.294 e. The normalized spacial score (nSPS) is 10.4. The second kappa shape index (κ2) is 4.06. The third-order valence-electron chi connectivity index (χ3n) is 2.16. The van der Waals surface area contributed by atoms with Gasteiger partial charge in [0.15, 0.2) is 5.78 Å². The molecular formula is C11H8ClFN2O. The van der Waals surface area contributed by atoms with E-state index in [-0.39, 0.29) is 11.3 Å². The zero-order valence-electron chi connectivity index (χ0n) is 8.45. The van der Waals surface area contributed by atoms with E-state index >= 15 is 0 Å². The van der Waals surface area contributed by atoms with Crippen LogP contribution in [0.1, 0.15) is 17.3 Å². The van der Waals surface area contributed by atoms with Gasteiger partial charge in [-0.25, -0.2) is 4.68 Å². The van der Waals surface area contributed by atoms with Gasteiger partial charge >= 0.3 is 0 Å².